The van der Waals surface area contributed by atoms with Gasteiger partial charge in [-0.1, -0.05) is 23.4 Å². The number of imidazole rings is 1. The van der Waals surface area contributed by atoms with Gasteiger partial charge in [0, 0.05) is 19.3 Å². The van der Waals surface area contributed by atoms with Gasteiger partial charge in [-0.25, -0.2) is 4.98 Å². The Morgan fingerprint density at radius 2 is 2.10 bits per heavy atom. The van der Waals surface area contributed by atoms with Crippen LogP contribution in [-0.4, -0.2) is 26.2 Å². The van der Waals surface area contributed by atoms with E-state index in [1.807, 2.05) is 41.1 Å². The Hall–Kier alpha value is -2.67. The van der Waals surface area contributed by atoms with Crippen molar-refractivity contribution in [2.75, 3.05) is 6.54 Å². The highest BCUT2D eigenvalue weighted by Crippen LogP contribution is 2.15. The number of nitrogens with two attached hydrogens (primary N) is 1. The summed E-state index contributed by atoms with van der Waals surface area (Å²) in [5, 5.41) is 3.88. The highest BCUT2D eigenvalue weighted by molar-refractivity contribution is 5.44. The highest BCUT2D eigenvalue weighted by Gasteiger charge is 2.12. The third-order valence-corrected chi connectivity index (χ3v) is 2.82. The van der Waals surface area contributed by atoms with E-state index in [0.29, 0.717) is 30.5 Å². The van der Waals surface area contributed by atoms with Crippen LogP contribution in [-0.2, 0) is 13.2 Å². The largest absolute Gasteiger partial charge is 0.485 e. The van der Waals surface area contributed by atoms with E-state index in [9.17, 15) is 0 Å². The lowest BCUT2D eigenvalue weighted by molar-refractivity contribution is 0.287. The molecule has 0 bridgehead atoms. The van der Waals surface area contributed by atoms with Crippen molar-refractivity contribution in [1.29, 1.82) is 0 Å². The number of benzene rings is 1. The van der Waals surface area contributed by atoms with Crippen LogP contribution >= 0.6 is 0 Å². The van der Waals surface area contributed by atoms with Gasteiger partial charge in [0.15, 0.2) is 6.61 Å². The number of hydrogen-bond acceptors (Lipinski definition) is 6. The molecule has 0 saturated carbocycles. The van der Waals surface area contributed by atoms with Gasteiger partial charge in [-0.3, -0.25) is 0 Å². The Balaban J connectivity index is 1.65. The Bertz CT molecular complexity index is 692. The molecular weight excluding hydrogens is 270 g/mol. The molecule has 3 rings (SSSR count). The maximum Gasteiger partial charge on any atom is 0.278 e. The van der Waals surface area contributed by atoms with Gasteiger partial charge in [0.25, 0.3) is 5.89 Å². The molecule has 3 aromatic rings. The highest BCUT2D eigenvalue weighted by atomic mass is 16.5. The predicted molar refractivity (Wildman–Crippen MR) is 75.3 cm³/mol. The first-order chi connectivity index (χ1) is 10.3. The first-order valence-corrected chi connectivity index (χ1v) is 6.58. The first kappa shape index (κ1) is 13.3. The molecule has 7 heteroatoms. The number of hydrogen-bond donors (Lipinski definition) is 1. The summed E-state index contributed by atoms with van der Waals surface area (Å²) >= 11 is 0. The van der Waals surface area contributed by atoms with Gasteiger partial charge < -0.3 is 19.6 Å². The molecule has 0 atom stereocenters. The lowest BCUT2D eigenvalue weighted by Gasteiger charge is -2.01. The van der Waals surface area contributed by atoms with Crippen molar-refractivity contribution < 1.29 is 9.26 Å². The van der Waals surface area contributed by atoms with Crippen LogP contribution in [0, 0.1) is 0 Å². The zero-order chi connectivity index (χ0) is 14.5. The number of rotatable bonds is 6. The summed E-state index contributed by atoms with van der Waals surface area (Å²) in [7, 11) is 0. The molecule has 2 heterocycles. The normalized spacial score (nSPS) is 10.7. The monoisotopic (exact) mass is 285 g/mol. The van der Waals surface area contributed by atoms with Crippen molar-refractivity contribution in [1.82, 2.24) is 19.7 Å². The van der Waals surface area contributed by atoms with Gasteiger partial charge in [0.1, 0.15) is 11.4 Å². The van der Waals surface area contributed by atoms with Crippen molar-refractivity contribution in [2.45, 2.75) is 13.2 Å². The minimum absolute atomic E-state index is 0.247. The van der Waals surface area contributed by atoms with Crippen LogP contribution in [0.25, 0.3) is 11.6 Å². The summed E-state index contributed by atoms with van der Waals surface area (Å²) in [4.78, 5) is 8.47. The number of ether oxygens (including phenoxy) is 1. The maximum absolute atomic E-state index is 5.56. The zero-order valence-corrected chi connectivity index (χ0v) is 11.3. The SMILES string of the molecule is NCCn1cnc(-c2nc(COc3ccccc3)no2)c1. The zero-order valence-electron chi connectivity index (χ0n) is 11.3. The molecule has 2 N–H and O–H groups in total. The van der Waals surface area contributed by atoms with Crippen molar-refractivity contribution in [3.8, 4) is 17.3 Å². The minimum Gasteiger partial charge on any atom is -0.485 e. The maximum atomic E-state index is 5.56. The second-order valence-corrected chi connectivity index (χ2v) is 4.40. The van der Waals surface area contributed by atoms with Crippen LogP contribution in [0.15, 0.2) is 47.4 Å². The Morgan fingerprint density at radius 3 is 2.90 bits per heavy atom. The molecule has 108 valence electrons. The van der Waals surface area contributed by atoms with E-state index in [1.165, 1.54) is 0 Å². The standard InChI is InChI=1S/C14H15N5O2/c15-6-7-19-8-12(16-10-19)14-17-13(18-21-14)9-20-11-4-2-1-3-5-11/h1-5,8,10H,6-7,9,15H2. The number of para-hydroxylation sites is 1. The fraction of sp³-hybridized carbons (Fsp3) is 0.214. The fourth-order valence-corrected chi connectivity index (χ4v) is 1.82. The van der Waals surface area contributed by atoms with Crippen LogP contribution in [0.5, 0.6) is 5.75 Å². The van der Waals surface area contributed by atoms with Gasteiger partial charge in [0.05, 0.1) is 6.33 Å². The molecular formula is C14H15N5O2. The van der Waals surface area contributed by atoms with E-state index >= 15 is 0 Å². The van der Waals surface area contributed by atoms with Gasteiger partial charge in [-0.15, -0.1) is 0 Å². The molecule has 1 aromatic carbocycles. The van der Waals surface area contributed by atoms with Crippen LogP contribution in [0.3, 0.4) is 0 Å². The molecule has 0 aliphatic carbocycles. The van der Waals surface area contributed by atoms with E-state index in [-0.39, 0.29) is 6.61 Å². The molecule has 21 heavy (non-hydrogen) atoms. The first-order valence-electron chi connectivity index (χ1n) is 6.58. The lowest BCUT2D eigenvalue weighted by Crippen LogP contribution is -2.07. The van der Waals surface area contributed by atoms with Crippen molar-refractivity contribution in [3.05, 3.63) is 48.7 Å². The fourth-order valence-electron chi connectivity index (χ4n) is 1.82. The minimum atomic E-state index is 0.247. The van der Waals surface area contributed by atoms with E-state index < -0.39 is 0 Å². The molecule has 0 spiro atoms. The van der Waals surface area contributed by atoms with E-state index in [0.717, 1.165) is 5.75 Å². The third kappa shape index (κ3) is 3.26. The predicted octanol–water partition coefficient (Wildman–Crippen LogP) is 1.47. The summed E-state index contributed by atoms with van der Waals surface area (Å²) in [5.74, 6) is 1.61. The molecule has 0 aliphatic rings. The summed E-state index contributed by atoms with van der Waals surface area (Å²) in [6.07, 6.45) is 3.51. The Kier molecular flexibility index (Phi) is 3.92. The number of nitrogens with zero attached hydrogens (tertiary/aromatic N) is 4. The second kappa shape index (κ2) is 6.19. The Labute approximate surface area is 121 Å². The molecule has 0 saturated heterocycles. The summed E-state index contributed by atoms with van der Waals surface area (Å²) in [6, 6.07) is 9.48. The van der Waals surface area contributed by atoms with Crippen LogP contribution in [0.2, 0.25) is 0 Å². The molecule has 0 amide bonds. The molecule has 0 fully saturated rings. The Morgan fingerprint density at radius 1 is 1.24 bits per heavy atom. The average Bonchev–Trinajstić information content (AvgIpc) is 3.15. The van der Waals surface area contributed by atoms with Gasteiger partial charge in [-0.2, -0.15) is 4.98 Å². The van der Waals surface area contributed by atoms with Gasteiger partial charge in [0.2, 0.25) is 5.82 Å². The smallest absolute Gasteiger partial charge is 0.278 e. The van der Waals surface area contributed by atoms with Crippen molar-refractivity contribution >= 4 is 0 Å². The summed E-state index contributed by atoms with van der Waals surface area (Å²) < 4.78 is 12.6. The molecule has 7 nitrogen and oxygen atoms in total. The average molecular weight is 285 g/mol. The van der Waals surface area contributed by atoms with Crippen molar-refractivity contribution in [3.63, 3.8) is 0 Å². The topological polar surface area (TPSA) is 92.0 Å². The quantitative estimate of drug-likeness (QED) is 0.737. The van der Waals surface area contributed by atoms with Gasteiger partial charge >= 0.3 is 0 Å². The van der Waals surface area contributed by atoms with Crippen molar-refractivity contribution in [2.24, 2.45) is 5.73 Å². The molecule has 0 unspecified atom stereocenters. The van der Waals surface area contributed by atoms with E-state index in [2.05, 4.69) is 15.1 Å². The van der Waals surface area contributed by atoms with Crippen LogP contribution in [0.1, 0.15) is 5.82 Å². The summed E-state index contributed by atoms with van der Waals surface area (Å²) in [6.45, 7) is 1.50. The van der Waals surface area contributed by atoms with Gasteiger partial charge in [-0.05, 0) is 12.1 Å². The second-order valence-electron chi connectivity index (χ2n) is 4.40. The summed E-state index contributed by atoms with van der Waals surface area (Å²) in [5.41, 5.74) is 6.12. The molecule has 2 aromatic heterocycles. The van der Waals surface area contributed by atoms with Crippen LogP contribution in [0.4, 0.5) is 0 Å². The van der Waals surface area contributed by atoms with E-state index in [1.54, 1.807) is 6.33 Å². The third-order valence-electron chi connectivity index (χ3n) is 2.82. The lowest BCUT2D eigenvalue weighted by atomic mass is 10.3. The van der Waals surface area contributed by atoms with Crippen LogP contribution < -0.4 is 10.5 Å². The van der Waals surface area contributed by atoms with E-state index in [4.69, 9.17) is 15.0 Å². The number of aromatic nitrogens is 4. The molecule has 0 radical (unpaired) electrons. The molecule has 0 aliphatic heterocycles.